The van der Waals surface area contributed by atoms with E-state index in [0.29, 0.717) is 34.7 Å². The van der Waals surface area contributed by atoms with Crippen molar-refractivity contribution in [3.63, 3.8) is 0 Å². The Morgan fingerprint density at radius 2 is 1.69 bits per heavy atom. The zero-order valence-electron chi connectivity index (χ0n) is 15.0. The number of nitrogens with zero attached hydrogens (tertiary/aromatic N) is 2. The molecular weight excluding hydrogens is 371 g/mol. The number of rotatable bonds is 5. The summed E-state index contributed by atoms with van der Waals surface area (Å²) in [6.45, 7) is 1.12. The van der Waals surface area contributed by atoms with Gasteiger partial charge in [-0.3, -0.25) is 9.79 Å². The molecule has 2 rings (SSSR count). The van der Waals surface area contributed by atoms with Gasteiger partial charge in [0.1, 0.15) is 0 Å². The predicted octanol–water partition coefficient (Wildman–Crippen LogP) is 3.56. The van der Waals surface area contributed by atoms with Crippen LogP contribution in [-0.2, 0) is 13.1 Å². The van der Waals surface area contributed by atoms with Gasteiger partial charge in [0.05, 0.1) is 0 Å². The number of amides is 1. The molecule has 0 heterocycles. The van der Waals surface area contributed by atoms with Gasteiger partial charge in [0.15, 0.2) is 5.96 Å². The largest absolute Gasteiger partial charge is 0.352 e. The molecule has 0 unspecified atom stereocenters. The number of benzene rings is 2. The lowest BCUT2D eigenvalue weighted by Gasteiger charge is -2.14. The van der Waals surface area contributed by atoms with Crippen molar-refractivity contribution in [3.8, 4) is 0 Å². The summed E-state index contributed by atoms with van der Waals surface area (Å²) in [4.78, 5) is 17.7. The monoisotopic (exact) mass is 392 g/mol. The summed E-state index contributed by atoms with van der Waals surface area (Å²) in [6.07, 6.45) is 0. The van der Waals surface area contributed by atoms with Crippen LogP contribution < -0.4 is 10.6 Å². The first kappa shape index (κ1) is 20.1. The van der Waals surface area contributed by atoms with Crippen LogP contribution in [0.3, 0.4) is 0 Å². The van der Waals surface area contributed by atoms with Crippen molar-refractivity contribution in [2.45, 2.75) is 13.1 Å². The number of nitrogens with one attached hydrogen (secondary N) is 2. The van der Waals surface area contributed by atoms with E-state index in [9.17, 15) is 4.79 Å². The Morgan fingerprint density at radius 3 is 2.27 bits per heavy atom. The topological polar surface area (TPSA) is 56.7 Å². The van der Waals surface area contributed by atoms with Crippen LogP contribution in [0.5, 0.6) is 0 Å². The highest BCUT2D eigenvalue weighted by molar-refractivity contribution is 6.35. The third-order valence-corrected chi connectivity index (χ3v) is 4.34. The second kappa shape index (κ2) is 9.46. The zero-order valence-corrected chi connectivity index (χ0v) is 16.5. The molecule has 138 valence electrons. The molecule has 2 aromatic carbocycles. The molecule has 0 bridgehead atoms. The zero-order chi connectivity index (χ0) is 19.1. The minimum absolute atomic E-state index is 0.0122. The fourth-order valence-electron chi connectivity index (χ4n) is 2.27. The van der Waals surface area contributed by atoms with E-state index in [4.69, 9.17) is 23.2 Å². The van der Waals surface area contributed by atoms with E-state index in [2.05, 4.69) is 15.6 Å². The van der Waals surface area contributed by atoms with Crippen molar-refractivity contribution in [2.24, 2.45) is 4.99 Å². The van der Waals surface area contributed by atoms with Crippen molar-refractivity contribution in [1.82, 2.24) is 15.5 Å². The summed E-state index contributed by atoms with van der Waals surface area (Å²) in [6, 6.07) is 12.9. The van der Waals surface area contributed by atoms with Crippen molar-refractivity contribution in [1.29, 1.82) is 0 Å². The molecule has 7 heteroatoms. The van der Waals surface area contributed by atoms with Crippen molar-refractivity contribution < 1.29 is 4.79 Å². The molecule has 0 spiro atoms. The van der Waals surface area contributed by atoms with Crippen molar-refractivity contribution in [2.75, 3.05) is 21.1 Å². The van der Waals surface area contributed by atoms with Crippen LogP contribution >= 0.6 is 23.2 Å². The lowest BCUT2D eigenvalue weighted by molar-refractivity contribution is 0.0827. The molecule has 0 atom stereocenters. The Hall–Kier alpha value is -2.24. The average Bonchev–Trinajstić information content (AvgIpc) is 2.63. The highest BCUT2D eigenvalue weighted by Gasteiger charge is 2.07. The maximum Gasteiger partial charge on any atom is 0.253 e. The second-order valence-corrected chi connectivity index (χ2v) is 6.76. The standard InChI is InChI=1S/C19H22Cl2N4O/c1-22-19(24-12-15-8-9-16(20)10-17(15)21)23-11-13-4-6-14(7-5-13)18(26)25(2)3/h4-10H,11-12H2,1-3H3,(H2,22,23,24). The first-order valence-electron chi connectivity index (χ1n) is 8.09. The van der Waals surface area contributed by atoms with Crippen LogP contribution in [0.4, 0.5) is 0 Å². The molecule has 0 aliphatic carbocycles. The molecule has 0 aliphatic rings. The highest BCUT2D eigenvalue weighted by Crippen LogP contribution is 2.20. The fraction of sp³-hybridized carbons (Fsp3) is 0.263. The minimum atomic E-state index is -0.0122. The van der Waals surface area contributed by atoms with E-state index < -0.39 is 0 Å². The maximum absolute atomic E-state index is 11.9. The number of halogens is 2. The Balaban J connectivity index is 1.89. The number of hydrogen-bond acceptors (Lipinski definition) is 2. The molecule has 1 amide bonds. The Morgan fingerprint density at radius 1 is 1.04 bits per heavy atom. The van der Waals surface area contributed by atoms with Gasteiger partial charge in [0.25, 0.3) is 5.91 Å². The molecule has 0 saturated heterocycles. The van der Waals surface area contributed by atoms with Crippen LogP contribution in [0.1, 0.15) is 21.5 Å². The summed E-state index contributed by atoms with van der Waals surface area (Å²) in [5, 5.41) is 7.67. The molecule has 0 radical (unpaired) electrons. The minimum Gasteiger partial charge on any atom is -0.352 e. The van der Waals surface area contributed by atoms with Crippen LogP contribution in [0.15, 0.2) is 47.5 Å². The van der Waals surface area contributed by atoms with E-state index in [0.717, 1.165) is 11.1 Å². The van der Waals surface area contributed by atoms with E-state index in [1.807, 2.05) is 30.3 Å². The third kappa shape index (κ3) is 5.64. The molecule has 5 nitrogen and oxygen atoms in total. The van der Waals surface area contributed by atoms with E-state index in [1.165, 1.54) is 0 Å². The third-order valence-electron chi connectivity index (χ3n) is 3.75. The van der Waals surface area contributed by atoms with E-state index >= 15 is 0 Å². The number of hydrogen-bond donors (Lipinski definition) is 2. The molecule has 0 aromatic heterocycles. The first-order valence-corrected chi connectivity index (χ1v) is 8.85. The number of guanidine groups is 1. The van der Waals surface area contributed by atoms with Gasteiger partial charge in [-0.25, -0.2) is 0 Å². The second-order valence-electron chi connectivity index (χ2n) is 5.91. The van der Waals surface area contributed by atoms with Crippen LogP contribution in [0, 0.1) is 0 Å². The summed E-state index contributed by atoms with van der Waals surface area (Å²) >= 11 is 12.1. The maximum atomic E-state index is 11.9. The van der Waals surface area contributed by atoms with Crippen molar-refractivity contribution in [3.05, 3.63) is 69.2 Å². The average molecular weight is 393 g/mol. The summed E-state index contributed by atoms with van der Waals surface area (Å²) < 4.78 is 0. The number of carbonyl (C=O) groups excluding carboxylic acids is 1. The Labute approximate surface area is 164 Å². The number of carbonyl (C=O) groups is 1. The van der Waals surface area contributed by atoms with Crippen molar-refractivity contribution >= 4 is 35.1 Å². The van der Waals surface area contributed by atoms with Gasteiger partial charge in [-0.05, 0) is 35.4 Å². The molecule has 2 aromatic rings. The van der Waals surface area contributed by atoms with Gasteiger partial charge in [0.2, 0.25) is 0 Å². The normalized spacial score (nSPS) is 11.2. The van der Waals surface area contributed by atoms with Crippen LogP contribution in [0.2, 0.25) is 10.0 Å². The van der Waals surface area contributed by atoms with Gasteiger partial charge in [-0.1, -0.05) is 41.4 Å². The van der Waals surface area contributed by atoms with Crippen LogP contribution in [-0.4, -0.2) is 37.9 Å². The summed E-state index contributed by atoms with van der Waals surface area (Å²) in [5.41, 5.74) is 2.65. The predicted molar refractivity (Wildman–Crippen MR) is 108 cm³/mol. The summed E-state index contributed by atoms with van der Waals surface area (Å²) in [7, 11) is 5.18. The van der Waals surface area contributed by atoms with E-state index in [-0.39, 0.29) is 5.91 Å². The molecular formula is C19H22Cl2N4O. The molecule has 0 saturated carbocycles. The molecule has 2 N–H and O–H groups in total. The smallest absolute Gasteiger partial charge is 0.253 e. The molecule has 0 aliphatic heterocycles. The van der Waals surface area contributed by atoms with E-state index in [1.54, 1.807) is 38.2 Å². The molecule has 26 heavy (non-hydrogen) atoms. The van der Waals surface area contributed by atoms with Gasteiger partial charge in [-0.15, -0.1) is 0 Å². The lowest BCUT2D eigenvalue weighted by atomic mass is 10.1. The highest BCUT2D eigenvalue weighted by atomic mass is 35.5. The number of aliphatic imine (C=N–C) groups is 1. The van der Waals surface area contributed by atoms with Gasteiger partial charge in [-0.2, -0.15) is 0 Å². The fourth-order valence-corrected chi connectivity index (χ4v) is 2.75. The van der Waals surface area contributed by atoms with Crippen LogP contribution in [0.25, 0.3) is 0 Å². The van der Waals surface area contributed by atoms with Gasteiger partial charge < -0.3 is 15.5 Å². The SMILES string of the molecule is CN=C(NCc1ccc(C(=O)N(C)C)cc1)NCc1ccc(Cl)cc1Cl. The molecule has 0 fully saturated rings. The lowest BCUT2D eigenvalue weighted by Crippen LogP contribution is -2.36. The Kier molecular flexibility index (Phi) is 7.30. The first-order chi connectivity index (χ1) is 12.4. The Bertz CT molecular complexity index is 789. The summed E-state index contributed by atoms with van der Waals surface area (Å²) in [5.74, 6) is 0.645. The van der Waals surface area contributed by atoms with Gasteiger partial charge >= 0.3 is 0 Å². The quantitative estimate of drug-likeness (QED) is 0.603. The van der Waals surface area contributed by atoms with Gasteiger partial charge in [0, 0.05) is 49.8 Å².